The van der Waals surface area contributed by atoms with Gasteiger partial charge >= 0.3 is 0 Å². The first kappa shape index (κ1) is 29.7. The first-order valence-electron chi connectivity index (χ1n) is 12.7. The van der Waals surface area contributed by atoms with Gasteiger partial charge in [-0.05, 0) is 36.1 Å². The number of carbonyl (C=O) groups is 2. The van der Waals surface area contributed by atoms with E-state index in [1.807, 2.05) is 65.7 Å². The van der Waals surface area contributed by atoms with Crippen LogP contribution in [0.3, 0.4) is 0 Å². The lowest BCUT2D eigenvalue weighted by Crippen LogP contribution is -2.50. The zero-order valence-corrected chi connectivity index (χ0v) is 23.2. The number of rotatable bonds is 10. The van der Waals surface area contributed by atoms with Crippen LogP contribution in [-0.2, 0) is 27.2 Å². The van der Waals surface area contributed by atoms with Crippen LogP contribution in [0.4, 0.5) is 5.69 Å². The third-order valence-electron chi connectivity index (χ3n) is 6.06. The normalized spacial score (nSPS) is 14.9. The minimum absolute atomic E-state index is 0.00921. The van der Waals surface area contributed by atoms with E-state index in [1.54, 1.807) is 24.5 Å². The summed E-state index contributed by atoms with van der Waals surface area (Å²) in [5.74, 6) is 0.856. The van der Waals surface area contributed by atoms with Crippen LogP contribution in [-0.4, -0.2) is 59.6 Å². The summed E-state index contributed by atoms with van der Waals surface area (Å²) in [5.41, 5.74) is 6.03. The first-order valence-corrected chi connectivity index (χ1v) is 14.0. The van der Waals surface area contributed by atoms with E-state index in [0.717, 1.165) is 30.8 Å². The number of amides is 2. The second-order valence-corrected chi connectivity index (χ2v) is 9.67. The fourth-order valence-corrected chi connectivity index (χ4v) is 4.47. The lowest BCUT2D eigenvalue weighted by atomic mass is 10.00. The second-order valence-electron chi connectivity index (χ2n) is 8.94. The number of pyridine rings is 1. The number of nitrogens with zero attached hydrogens (tertiary/aromatic N) is 2. The Kier molecular flexibility index (Phi) is 13.2. The Morgan fingerprint density at radius 2 is 1.29 bits per heavy atom. The fourth-order valence-electron chi connectivity index (χ4n) is 3.88. The van der Waals surface area contributed by atoms with Crippen molar-refractivity contribution in [2.45, 2.75) is 12.8 Å². The molecule has 7 nitrogen and oxygen atoms in total. The number of morpholine rings is 1. The molecule has 2 amide bonds. The molecule has 3 aromatic rings. The summed E-state index contributed by atoms with van der Waals surface area (Å²) in [6, 6.07) is 23.6. The number of hydrogen-bond acceptors (Lipinski definition) is 7. The van der Waals surface area contributed by atoms with E-state index < -0.39 is 0 Å². The molecule has 1 fully saturated rings. The van der Waals surface area contributed by atoms with Gasteiger partial charge in [-0.2, -0.15) is 25.3 Å². The van der Waals surface area contributed by atoms with E-state index in [4.69, 9.17) is 4.74 Å². The summed E-state index contributed by atoms with van der Waals surface area (Å²) < 4.78 is 5.26. The molecule has 0 aliphatic carbocycles. The molecule has 1 saturated heterocycles. The maximum absolute atomic E-state index is 12.2. The van der Waals surface area contributed by atoms with Crippen LogP contribution in [0.15, 0.2) is 85.2 Å². The number of carbonyl (C=O) groups excluding carboxylic acids is 2. The molecule has 1 aromatic heterocycles. The number of aromatic nitrogens is 1. The van der Waals surface area contributed by atoms with Crippen LogP contribution in [0.2, 0.25) is 0 Å². The average molecular weight is 553 g/mol. The van der Waals surface area contributed by atoms with Crippen LogP contribution < -0.4 is 10.7 Å². The Hall–Kier alpha value is -2.85. The minimum Gasteiger partial charge on any atom is -0.379 e. The van der Waals surface area contributed by atoms with Crippen LogP contribution in [0.1, 0.15) is 11.1 Å². The highest BCUT2D eigenvalue weighted by atomic mass is 32.1. The Labute approximate surface area is 236 Å². The molecule has 2 N–H and O–H groups in total. The molecular formula is C29H36N4O3S2. The third-order valence-corrected chi connectivity index (χ3v) is 6.94. The van der Waals surface area contributed by atoms with Gasteiger partial charge < -0.3 is 10.1 Å². The summed E-state index contributed by atoms with van der Waals surface area (Å²) in [6.45, 7) is 2.84. The SMILES string of the molecule is O=C(NN1CCOCC1)C(CS)Cc1ccccc1.O=C(Nc1ccncc1)C(CS)Cc1ccccc1. The first-order chi connectivity index (χ1) is 18.6. The highest BCUT2D eigenvalue weighted by molar-refractivity contribution is 7.80. The summed E-state index contributed by atoms with van der Waals surface area (Å²) in [5, 5.41) is 4.81. The standard InChI is InChI=1S/C15H16N2OS.C14H20N2O2S/c18-15(17-14-6-8-16-9-7-14)13(11-19)10-12-4-2-1-3-5-12;17-14(15-16-6-8-18-9-7-16)13(11-19)10-12-4-2-1-3-5-12/h1-9,13,19H,10-11H2,(H,16,17,18);1-5,13,19H,6-11H2,(H,15,17). The second kappa shape index (κ2) is 16.9. The quantitative estimate of drug-likeness (QED) is 0.287. The van der Waals surface area contributed by atoms with Crippen LogP contribution in [0.5, 0.6) is 0 Å². The van der Waals surface area contributed by atoms with Crippen LogP contribution >= 0.6 is 25.3 Å². The van der Waals surface area contributed by atoms with Crippen molar-refractivity contribution in [1.29, 1.82) is 0 Å². The summed E-state index contributed by atoms with van der Waals surface area (Å²) in [7, 11) is 0. The van der Waals surface area contributed by atoms with Gasteiger partial charge in [-0.25, -0.2) is 5.01 Å². The zero-order chi connectivity index (χ0) is 27.0. The lowest BCUT2D eigenvalue weighted by Gasteiger charge is -2.28. The Balaban J connectivity index is 0.000000211. The number of anilines is 1. The topological polar surface area (TPSA) is 83.6 Å². The van der Waals surface area contributed by atoms with Gasteiger partial charge in [0.1, 0.15) is 0 Å². The van der Waals surface area contributed by atoms with Gasteiger partial charge in [0.2, 0.25) is 11.8 Å². The number of hydrogen-bond donors (Lipinski definition) is 4. The molecule has 0 radical (unpaired) electrons. The molecule has 0 bridgehead atoms. The minimum atomic E-state index is -0.140. The predicted molar refractivity (Wildman–Crippen MR) is 158 cm³/mol. The Morgan fingerprint density at radius 1 is 0.789 bits per heavy atom. The molecule has 1 aliphatic heterocycles. The monoisotopic (exact) mass is 552 g/mol. The fraction of sp³-hybridized carbons (Fsp3) is 0.345. The van der Waals surface area contributed by atoms with Crippen molar-refractivity contribution in [3.05, 3.63) is 96.3 Å². The number of thiol groups is 2. The zero-order valence-electron chi connectivity index (χ0n) is 21.4. The molecule has 9 heteroatoms. The molecule has 4 rings (SSSR count). The van der Waals surface area contributed by atoms with Crippen LogP contribution in [0, 0.1) is 11.8 Å². The summed E-state index contributed by atoms with van der Waals surface area (Å²) >= 11 is 8.58. The number of nitrogens with one attached hydrogen (secondary N) is 2. The van der Waals surface area contributed by atoms with Crippen molar-refractivity contribution in [3.8, 4) is 0 Å². The smallest absolute Gasteiger partial charge is 0.238 e. The Bertz CT molecular complexity index is 1080. The highest BCUT2D eigenvalue weighted by Gasteiger charge is 2.21. The maximum atomic E-state index is 12.2. The average Bonchev–Trinajstić information content (AvgIpc) is 2.97. The molecule has 2 atom stereocenters. The number of benzene rings is 2. The molecule has 0 spiro atoms. The number of ether oxygens (including phenoxy) is 1. The van der Waals surface area contributed by atoms with Crippen LogP contribution in [0.25, 0.3) is 0 Å². The van der Waals surface area contributed by atoms with E-state index in [1.165, 1.54) is 5.56 Å². The molecule has 2 heterocycles. The largest absolute Gasteiger partial charge is 0.379 e. The van der Waals surface area contributed by atoms with Gasteiger partial charge in [0, 0.05) is 42.7 Å². The molecule has 38 heavy (non-hydrogen) atoms. The lowest BCUT2D eigenvalue weighted by molar-refractivity contribution is -0.131. The van der Waals surface area contributed by atoms with Gasteiger partial charge in [0.05, 0.1) is 25.0 Å². The Morgan fingerprint density at radius 3 is 1.79 bits per heavy atom. The molecule has 0 saturated carbocycles. The van der Waals surface area contributed by atoms with E-state index >= 15 is 0 Å². The van der Waals surface area contributed by atoms with Gasteiger partial charge in [-0.15, -0.1) is 0 Å². The third kappa shape index (κ3) is 10.5. The van der Waals surface area contributed by atoms with Crippen molar-refractivity contribution >= 4 is 42.8 Å². The summed E-state index contributed by atoms with van der Waals surface area (Å²) in [4.78, 5) is 28.3. The van der Waals surface area contributed by atoms with E-state index in [9.17, 15) is 9.59 Å². The van der Waals surface area contributed by atoms with Gasteiger partial charge in [-0.3, -0.25) is 20.0 Å². The maximum Gasteiger partial charge on any atom is 0.238 e. The molecular weight excluding hydrogens is 516 g/mol. The van der Waals surface area contributed by atoms with Crippen molar-refractivity contribution < 1.29 is 14.3 Å². The molecule has 2 aromatic carbocycles. The molecule has 202 valence electrons. The van der Waals surface area contributed by atoms with Crippen molar-refractivity contribution in [1.82, 2.24) is 15.4 Å². The molecule has 2 unspecified atom stereocenters. The van der Waals surface area contributed by atoms with Gasteiger partial charge in [-0.1, -0.05) is 60.7 Å². The predicted octanol–water partition coefficient (Wildman–Crippen LogP) is 3.95. The van der Waals surface area contributed by atoms with Crippen molar-refractivity contribution in [2.24, 2.45) is 11.8 Å². The number of hydrazine groups is 1. The van der Waals surface area contributed by atoms with Gasteiger partial charge in [0.15, 0.2) is 0 Å². The van der Waals surface area contributed by atoms with Crippen molar-refractivity contribution in [2.75, 3.05) is 43.1 Å². The van der Waals surface area contributed by atoms with E-state index in [-0.39, 0.29) is 23.7 Å². The molecule has 1 aliphatic rings. The van der Waals surface area contributed by atoms with Crippen molar-refractivity contribution in [3.63, 3.8) is 0 Å². The summed E-state index contributed by atoms with van der Waals surface area (Å²) in [6.07, 6.45) is 4.73. The highest BCUT2D eigenvalue weighted by Crippen LogP contribution is 2.14. The van der Waals surface area contributed by atoms with Gasteiger partial charge in [0.25, 0.3) is 0 Å². The van der Waals surface area contributed by atoms with E-state index in [2.05, 4.69) is 41.0 Å². The van der Waals surface area contributed by atoms with E-state index in [0.29, 0.717) is 31.1 Å².